The Kier molecular flexibility index (Phi) is 6.39. The second-order valence-corrected chi connectivity index (χ2v) is 7.94. The van der Waals surface area contributed by atoms with E-state index in [1.165, 1.54) is 6.07 Å². The summed E-state index contributed by atoms with van der Waals surface area (Å²) in [5.74, 6) is -0.216. The van der Waals surface area contributed by atoms with E-state index >= 15 is 0 Å². The van der Waals surface area contributed by atoms with Crippen molar-refractivity contribution < 1.29 is 13.2 Å². The van der Waals surface area contributed by atoms with E-state index in [9.17, 15) is 13.2 Å². The molecule has 0 bridgehead atoms. The number of sulfonamides is 1. The highest BCUT2D eigenvalue weighted by molar-refractivity contribution is 7.92. The third-order valence-corrected chi connectivity index (χ3v) is 5.56. The first kappa shape index (κ1) is 19.9. The van der Waals surface area contributed by atoms with Gasteiger partial charge in [-0.1, -0.05) is 18.2 Å². The van der Waals surface area contributed by atoms with Crippen LogP contribution in [-0.4, -0.2) is 46.4 Å². The Morgan fingerprint density at radius 1 is 1.12 bits per heavy atom. The fourth-order valence-electron chi connectivity index (χ4n) is 2.54. The van der Waals surface area contributed by atoms with Crippen molar-refractivity contribution in [1.29, 1.82) is 0 Å². The molecule has 0 radical (unpaired) electrons. The van der Waals surface area contributed by atoms with E-state index in [1.54, 1.807) is 49.2 Å². The normalized spacial score (nSPS) is 11.2. The maximum atomic E-state index is 12.8. The van der Waals surface area contributed by atoms with Gasteiger partial charge in [0.15, 0.2) is 0 Å². The summed E-state index contributed by atoms with van der Waals surface area (Å²) in [6.07, 6.45) is 0. The summed E-state index contributed by atoms with van der Waals surface area (Å²) in [6, 6.07) is 11.9. The van der Waals surface area contributed by atoms with Crippen molar-refractivity contribution in [2.75, 3.05) is 31.9 Å². The predicted molar refractivity (Wildman–Crippen MR) is 104 cm³/mol. The molecule has 0 saturated carbocycles. The van der Waals surface area contributed by atoms with Crippen LogP contribution in [0, 0.1) is 13.8 Å². The Morgan fingerprint density at radius 2 is 1.85 bits per heavy atom. The van der Waals surface area contributed by atoms with Crippen LogP contribution in [0.1, 0.15) is 21.5 Å². The molecule has 0 aliphatic carbocycles. The van der Waals surface area contributed by atoms with Gasteiger partial charge in [-0.2, -0.15) is 0 Å². The number of aryl methyl sites for hydroxylation is 2. The molecule has 0 aliphatic heterocycles. The Bertz CT molecular complexity index is 895. The number of benzene rings is 2. The molecule has 0 aromatic heterocycles. The maximum absolute atomic E-state index is 12.8. The minimum Gasteiger partial charge on any atom is -0.340 e. The van der Waals surface area contributed by atoms with E-state index in [-0.39, 0.29) is 10.8 Å². The predicted octanol–water partition coefficient (Wildman–Crippen LogP) is 2.40. The summed E-state index contributed by atoms with van der Waals surface area (Å²) in [6.45, 7) is 4.80. The van der Waals surface area contributed by atoms with Crippen LogP contribution >= 0.6 is 0 Å². The lowest BCUT2D eigenvalue weighted by Gasteiger charge is -2.18. The Hall–Kier alpha value is -2.38. The summed E-state index contributed by atoms with van der Waals surface area (Å²) in [4.78, 5) is 14.2. The summed E-state index contributed by atoms with van der Waals surface area (Å²) >= 11 is 0. The fourth-order valence-corrected chi connectivity index (χ4v) is 3.86. The summed E-state index contributed by atoms with van der Waals surface area (Å²) in [7, 11) is -0.288. The number of carbonyl (C=O) groups is 1. The lowest BCUT2D eigenvalue weighted by molar-refractivity contribution is 0.0796. The van der Waals surface area contributed by atoms with Crippen LogP contribution in [-0.2, 0) is 10.0 Å². The zero-order valence-electron chi connectivity index (χ0n) is 15.5. The molecule has 7 heteroatoms. The van der Waals surface area contributed by atoms with Crippen LogP contribution in [0.2, 0.25) is 0 Å². The molecule has 6 nitrogen and oxygen atoms in total. The Balaban J connectivity index is 2.32. The number of carbonyl (C=O) groups excluding carboxylic acids is 1. The van der Waals surface area contributed by atoms with Crippen LogP contribution in [0.25, 0.3) is 0 Å². The Morgan fingerprint density at radius 3 is 2.50 bits per heavy atom. The largest absolute Gasteiger partial charge is 0.340 e. The molecule has 0 saturated heterocycles. The molecule has 2 N–H and O–H groups in total. The van der Waals surface area contributed by atoms with E-state index in [0.717, 1.165) is 5.56 Å². The minimum absolute atomic E-state index is 0.104. The van der Waals surface area contributed by atoms with Crippen molar-refractivity contribution in [1.82, 2.24) is 10.2 Å². The lowest BCUT2D eigenvalue weighted by atomic mass is 10.1. The number of rotatable bonds is 7. The van der Waals surface area contributed by atoms with Gasteiger partial charge >= 0.3 is 0 Å². The van der Waals surface area contributed by atoms with Gasteiger partial charge in [-0.05, 0) is 56.3 Å². The molecular formula is C19H25N3O3S. The number of nitrogens with zero attached hydrogens (tertiary/aromatic N) is 1. The molecule has 2 aromatic rings. The van der Waals surface area contributed by atoms with Crippen molar-refractivity contribution in [2.45, 2.75) is 18.7 Å². The van der Waals surface area contributed by atoms with Crippen molar-refractivity contribution >= 4 is 21.6 Å². The van der Waals surface area contributed by atoms with Gasteiger partial charge < -0.3 is 10.2 Å². The van der Waals surface area contributed by atoms with Crippen molar-refractivity contribution in [3.8, 4) is 0 Å². The zero-order chi connectivity index (χ0) is 19.3. The average Bonchev–Trinajstić information content (AvgIpc) is 2.58. The smallest absolute Gasteiger partial charge is 0.262 e. The van der Waals surface area contributed by atoms with Gasteiger partial charge in [-0.15, -0.1) is 0 Å². The number of hydrogen-bond acceptors (Lipinski definition) is 4. The Labute approximate surface area is 155 Å². The number of amides is 1. The molecule has 0 heterocycles. The molecule has 0 aliphatic rings. The highest BCUT2D eigenvalue weighted by Crippen LogP contribution is 2.22. The van der Waals surface area contributed by atoms with Crippen molar-refractivity contribution in [3.63, 3.8) is 0 Å². The molecule has 2 rings (SSSR count). The number of anilines is 1. The zero-order valence-corrected chi connectivity index (χ0v) is 16.4. The number of likely N-dealkylation sites (N-methyl/N-ethyl adjacent to an activating group) is 2. The average molecular weight is 375 g/mol. The van der Waals surface area contributed by atoms with Gasteiger partial charge in [-0.3, -0.25) is 9.52 Å². The summed E-state index contributed by atoms with van der Waals surface area (Å²) < 4.78 is 28.2. The fraction of sp³-hybridized carbons (Fsp3) is 0.316. The molecule has 0 spiro atoms. The van der Waals surface area contributed by atoms with Crippen LogP contribution in [0.15, 0.2) is 47.4 Å². The number of hydrogen-bond donors (Lipinski definition) is 2. The first-order valence-electron chi connectivity index (χ1n) is 8.35. The highest BCUT2D eigenvalue weighted by Gasteiger charge is 2.20. The van der Waals surface area contributed by atoms with Crippen LogP contribution < -0.4 is 10.0 Å². The van der Waals surface area contributed by atoms with E-state index in [4.69, 9.17) is 0 Å². The van der Waals surface area contributed by atoms with Gasteiger partial charge in [0.1, 0.15) is 0 Å². The third kappa shape index (κ3) is 4.83. The first-order chi connectivity index (χ1) is 12.2. The van der Waals surface area contributed by atoms with Crippen LogP contribution in [0.5, 0.6) is 0 Å². The SMILES string of the molecule is CNCCN(C)C(=O)c1ccc(C)c(S(=O)(=O)Nc2cccc(C)c2)c1. The standard InChI is InChI=1S/C19H25N3O3S/c1-14-6-5-7-17(12-14)21-26(24,25)18-13-16(9-8-15(18)2)19(23)22(4)11-10-20-3/h5-9,12-13,20-21H,10-11H2,1-4H3. The van der Waals surface area contributed by atoms with Gasteiger partial charge in [0.25, 0.3) is 15.9 Å². The first-order valence-corrected chi connectivity index (χ1v) is 9.83. The third-order valence-electron chi connectivity index (χ3n) is 4.04. The summed E-state index contributed by atoms with van der Waals surface area (Å²) in [5, 5.41) is 2.98. The molecule has 1 amide bonds. The van der Waals surface area contributed by atoms with E-state index in [1.807, 2.05) is 20.0 Å². The quantitative estimate of drug-likeness (QED) is 0.779. The van der Waals surface area contributed by atoms with Crippen molar-refractivity contribution in [2.24, 2.45) is 0 Å². The van der Waals surface area contributed by atoms with Crippen molar-refractivity contribution in [3.05, 3.63) is 59.2 Å². The van der Waals surface area contributed by atoms with Crippen LogP contribution in [0.4, 0.5) is 5.69 Å². The van der Waals surface area contributed by atoms with Gasteiger partial charge in [0, 0.05) is 31.4 Å². The second-order valence-electron chi connectivity index (χ2n) is 6.29. The van der Waals surface area contributed by atoms with E-state index in [2.05, 4.69) is 10.0 Å². The van der Waals surface area contributed by atoms with Crippen LogP contribution in [0.3, 0.4) is 0 Å². The van der Waals surface area contributed by atoms with Gasteiger partial charge in [-0.25, -0.2) is 8.42 Å². The van der Waals surface area contributed by atoms with E-state index in [0.29, 0.717) is 29.9 Å². The van der Waals surface area contributed by atoms with Gasteiger partial charge in [0.2, 0.25) is 0 Å². The molecular weight excluding hydrogens is 350 g/mol. The maximum Gasteiger partial charge on any atom is 0.262 e. The monoisotopic (exact) mass is 375 g/mol. The lowest BCUT2D eigenvalue weighted by Crippen LogP contribution is -2.33. The highest BCUT2D eigenvalue weighted by atomic mass is 32.2. The molecule has 26 heavy (non-hydrogen) atoms. The second kappa shape index (κ2) is 8.33. The molecule has 0 unspecified atom stereocenters. The van der Waals surface area contributed by atoms with E-state index < -0.39 is 10.0 Å². The minimum atomic E-state index is -3.79. The summed E-state index contributed by atoms with van der Waals surface area (Å²) in [5.41, 5.74) is 2.38. The van der Waals surface area contributed by atoms with Gasteiger partial charge in [0.05, 0.1) is 4.90 Å². The molecule has 140 valence electrons. The molecule has 2 aromatic carbocycles. The number of nitrogens with one attached hydrogen (secondary N) is 2. The molecule has 0 atom stereocenters. The molecule has 0 fully saturated rings. The topological polar surface area (TPSA) is 78.5 Å².